The first kappa shape index (κ1) is 28.5. The van der Waals surface area contributed by atoms with Gasteiger partial charge in [-0.25, -0.2) is 4.90 Å². The molecule has 4 aromatic carbocycles. The van der Waals surface area contributed by atoms with E-state index < -0.39 is 61.1 Å². The maximum Gasteiger partial charge on any atom is 0.301 e. The highest BCUT2D eigenvalue weighted by molar-refractivity contribution is 6.25. The van der Waals surface area contributed by atoms with Gasteiger partial charge in [0, 0.05) is 24.3 Å². The second-order valence-electron chi connectivity index (χ2n) is 11.4. The fourth-order valence-electron chi connectivity index (χ4n) is 7.34. The molecule has 1 saturated heterocycles. The van der Waals surface area contributed by atoms with Crippen LogP contribution in [-0.4, -0.2) is 32.8 Å². The molecule has 8 rings (SSSR count). The van der Waals surface area contributed by atoms with Crippen LogP contribution in [0.1, 0.15) is 33.7 Å². The summed E-state index contributed by atoms with van der Waals surface area (Å²) in [5.74, 6) is -3.73. The number of hydrazone groups is 1. The van der Waals surface area contributed by atoms with Gasteiger partial charge in [-0.1, -0.05) is 54.6 Å². The van der Waals surface area contributed by atoms with Crippen molar-refractivity contribution in [1.82, 2.24) is 0 Å². The molecule has 2 amide bonds. The molecule has 4 aromatic rings. The van der Waals surface area contributed by atoms with E-state index in [1.54, 1.807) is 25.1 Å². The van der Waals surface area contributed by atoms with Crippen LogP contribution in [0.5, 0.6) is 0 Å². The lowest BCUT2D eigenvalue weighted by atomic mass is 9.47. The smallest absolute Gasteiger partial charge is 0.274 e. The minimum absolute atomic E-state index is 0.126. The molecule has 1 N–H and O–H groups in total. The Morgan fingerprint density at radius 1 is 0.783 bits per heavy atom. The van der Waals surface area contributed by atoms with Crippen molar-refractivity contribution < 1.29 is 24.4 Å². The molecule has 228 valence electrons. The quantitative estimate of drug-likeness (QED) is 0.123. The average Bonchev–Trinajstić information content (AvgIpc) is 3.31. The van der Waals surface area contributed by atoms with Crippen molar-refractivity contribution in [1.29, 1.82) is 0 Å². The standard InChI is InChI=1S/C32H22N6O8/c1-17-10-13-24(26(14-17)38(45)46)35-30(39)28-27-19-6-2-4-8-21(19)32(29(28)31(35)40,22-9-5-3-7-20(22)27)16-33-34-23-12-11-18(36(41)42)15-25(23)37(43)44/h2-16,27-29,34H,1H3/b33-16-/t27?,28-,29+,32?/m1/s1. The van der Waals surface area contributed by atoms with E-state index in [-0.39, 0.29) is 17.1 Å². The predicted octanol–water partition coefficient (Wildman–Crippen LogP) is 5.37. The van der Waals surface area contributed by atoms with Crippen molar-refractivity contribution in [2.24, 2.45) is 16.9 Å². The Labute approximate surface area is 259 Å². The highest BCUT2D eigenvalue weighted by atomic mass is 16.6. The highest BCUT2D eigenvalue weighted by Crippen LogP contribution is 2.64. The molecule has 0 spiro atoms. The van der Waals surface area contributed by atoms with Gasteiger partial charge in [-0.3, -0.25) is 45.4 Å². The summed E-state index contributed by atoms with van der Waals surface area (Å²) in [6.07, 6.45) is 1.45. The minimum atomic E-state index is -1.36. The highest BCUT2D eigenvalue weighted by Gasteiger charge is 2.68. The van der Waals surface area contributed by atoms with Crippen LogP contribution in [-0.2, 0) is 15.0 Å². The van der Waals surface area contributed by atoms with Crippen LogP contribution in [0.2, 0.25) is 0 Å². The van der Waals surface area contributed by atoms with Crippen molar-refractivity contribution in [3.63, 3.8) is 0 Å². The molecule has 0 aromatic heterocycles. The van der Waals surface area contributed by atoms with Gasteiger partial charge in [0.05, 0.1) is 38.1 Å². The van der Waals surface area contributed by atoms with Gasteiger partial charge in [-0.15, -0.1) is 0 Å². The molecule has 2 bridgehead atoms. The lowest BCUT2D eigenvalue weighted by Crippen LogP contribution is -2.54. The summed E-state index contributed by atoms with van der Waals surface area (Å²) in [5, 5.41) is 39.4. The Morgan fingerprint density at radius 3 is 2.02 bits per heavy atom. The number of nitrogens with one attached hydrogen (secondary N) is 1. The molecular weight excluding hydrogens is 596 g/mol. The van der Waals surface area contributed by atoms with Crippen LogP contribution in [0, 0.1) is 49.1 Å². The van der Waals surface area contributed by atoms with Gasteiger partial charge in [-0.05, 0) is 46.9 Å². The van der Waals surface area contributed by atoms with Gasteiger partial charge in [0.25, 0.3) is 11.4 Å². The van der Waals surface area contributed by atoms with Crippen molar-refractivity contribution in [3.8, 4) is 0 Å². The molecule has 1 aliphatic heterocycles. The van der Waals surface area contributed by atoms with Crippen molar-refractivity contribution in [3.05, 3.63) is 143 Å². The Hall–Kier alpha value is -6.31. The molecule has 3 aliphatic carbocycles. The second-order valence-corrected chi connectivity index (χ2v) is 11.4. The van der Waals surface area contributed by atoms with Crippen molar-refractivity contribution in [2.75, 3.05) is 10.3 Å². The molecule has 4 aliphatic rings. The van der Waals surface area contributed by atoms with Gasteiger partial charge in [0.15, 0.2) is 0 Å². The summed E-state index contributed by atoms with van der Waals surface area (Å²) in [7, 11) is 0. The molecule has 1 heterocycles. The van der Waals surface area contributed by atoms with Crippen LogP contribution >= 0.6 is 0 Å². The average molecular weight is 619 g/mol. The number of carbonyl (C=O) groups excluding carboxylic acids is 2. The van der Waals surface area contributed by atoms with E-state index in [0.717, 1.165) is 34.2 Å². The number of aryl methyl sites for hydroxylation is 1. The van der Waals surface area contributed by atoms with Gasteiger partial charge in [0.1, 0.15) is 11.4 Å². The first-order valence-corrected chi connectivity index (χ1v) is 14.1. The van der Waals surface area contributed by atoms with E-state index in [9.17, 15) is 39.9 Å². The topological polar surface area (TPSA) is 191 Å². The maximum atomic E-state index is 14.6. The van der Waals surface area contributed by atoms with Gasteiger partial charge < -0.3 is 0 Å². The van der Waals surface area contributed by atoms with E-state index in [2.05, 4.69) is 10.5 Å². The number of hydrogen-bond acceptors (Lipinski definition) is 10. The molecule has 14 nitrogen and oxygen atoms in total. The third kappa shape index (κ3) is 3.86. The summed E-state index contributed by atoms with van der Waals surface area (Å²) < 4.78 is 0. The van der Waals surface area contributed by atoms with E-state index in [1.165, 1.54) is 18.3 Å². The lowest BCUT2D eigenvalue weighted by molar-refractivity contribution is -0.393. The van der Waals surface area contributed by atoms with Crippen molar-refractivity contribution in [2.45, 2.75) is 18.3 Å². The van der Waals surface area contributed by atoms with Gasteiger partial charge >= 0.3 is 5.69 Å². The maximum absolute atomic E-state index is 14.6. The van der Waals surface area contributed by atoms with E-state index in [1.807, 2.05) is 36.4 Å². The first-order chi connectivity index (χ1) is 22.1. The van der Waals surface area contributed by atoms with Crippen LogP contribution in [0.15, 0.2) is 90.0 Å². The molecule has 1 fully saturated rings. The van der Waals surface area contributed by atoms with Crippen LogP contribution in [0.25, 0.3) is 0 Å². The SMILES string of the molecule is Cc1ccc(N2C(=O)[C@@H]3C4c5ccccc5C(/C=N\Nc5ccc([N+](=O)[O-])cc5[N+](=O)[O-])(c5ccccc54)[C@@H]3C2=O)c([N+](=O)[O-])c1. The van der Waals surface area contributed by atoms with Crippen molar-refractivity contribution >= 4 is 46.5 Å². The number of nitrogens with zero attached hydrogens (tertiary/aromatic N) is 5. The third-order valence-corrected chi connectivity index (χ3v) is 9.09. The minimum Gasteiger partial charge on any atom is -0.274 e. The Bertz CT molecular complexity index is 2030. The lowest BCUT2D eigenvalue weighted by Gasteiger charge is -2.52. The molecular formula is C32H22N6O8. The Kier molecular flexibility index (Phi) is 6.26. The Morgan fingerprint density at radius 2 is 1.41 bits per heavy atom. The number of amides is 2. The first-order valence-electron chi connectivity index (χ1n) is 14.1. The fraction of sp³-hybridized carbons (Fsp3) is 0.156. The summed E-state index contributed by atoms with van der Waals surface area (Å²) in [6.45, 7) is 1.67. The number of hydrogen-bond donors (Lipinski definition) is 1. The van der Waals surface area contributed by atoms with Gasteiger partial charge in [-0.2, -0.15) is 5.10 Å². The molecule has 2 atom stereocenters. The zero-order chi connectivity index (χ0) is 32.5. The van der Waals surface area contributed by atoms with Crippen LogP contribution in [0.4, 0.5) is 28.4 Å². The third-order valence-electron chi connectivity index (χ3n) is 9.09. The normalized spacial score (nSPS) is 22.4. The molecule has 46 heavy (non-hydrogen) atoms. The number of nitro groups is 3. The van der Waals surface area contributed by atoms with Crippen LogP contribution in [0.3, 0.4) is 0 Å². The largest absolute Gasteiger partial charge is 0.301 e. The number of anilines is 2. The molecule has 0 saturated carbocycles. The summed E-state index contributed by atoms with van der Waals surface area (Å²) in [5.41, 5.74) is 3.14. The monoisotopic (exact) mass is 618 g/mol. The molecule has 14 heteroatoms. The number of carbonyl (C=O) groups is 2. The number of rotatable bonds is 7. The van der Waals surface area contributed by atoms with E-state index >= 15 is 0 Å². The zero-order valence-corrected chi connectivity index (χ0v) is 23.9. The molecule has 0 unspecified atom stereocenters. The Balaban J connectivity index is 1.42. The number of benzene rings is 4. The van der Waals surface area contributed by atoms with E-state index in [4.69, 9.17) is 0 Å². The summed E-state index contributed by atoms with van der Waals surface area (Å²) in [6, 6.07) is 22.0. The number of imide groups is 1. The van der Waals surface area contributed by atoms with E-state index in [0.29, 0.717) is 16.7 Å². The fourth-order valence-corrected chi connectivity index (χ4v) is 7.34. The molecule has 0 radical (unpaired) electrons. The summed E-state index contributed by atoms with van der Waals surface area (Å²) in [4.78, 5) is 62.7. The predicted molar refractivity (Wildman–Crippen MR) is 165 cm³/mol. The van der Waals surface area contributed by atoms with Gasteiger partial charge in [0.2, 0.25) is 11.8 Å². The van der Waals surface area contributed by atoms with Crippen LogP contribution < -0.4 is 10.3 Å². The summed E-state index contributed by atoms with van der Waals surface area (Å²) >= 11 is 0. The second kappa shape index (κ2) is 10.1. The number of non-ortho nitro benzene ring substituents is 1. The zero-order valence-electron chi connectivity index (χ0n) is 23.9. The number of nitro benzene ring substituents is 3.